The summed E-state index contributed by atoms with van der Waals surface area (Å²) in [6.07, 6.45) is 5.11. The molecule has 3 heteroatoms. The smallest absolute Gasteiger partial charge is 0.0950 e. The predicted octanol–water partition coefficient (Wildman–Crippen LogP) is 2.87. The van der Waals surface area contributed by atoms with Crippen LogP contribution in [0.5, 0.6) is 0 Å². The molecule has 0 aliphatic heterocycles. The molecule has 0 saturated heterocycles. The largest absolute Gasteiger partial charge is 0.337 e. The van der Waals surface area contributed by atoms with E-state index in [4.69, 9.17) is 0 Å². The number of imidazole rings is 1. The number of rotatable bonds is 7. The average molecular weight is 257 g/mol. The van der Waals surface area contributed by atoms with Crippen molar-refractivity contribution in [3.05, 3.63) is 54.1 Å². The number of aromatic nitrogens is 2. The van der Waals surface area contributed by atoms with Gasteiger partial charge in [-0.3, -0.25) is 0 Å². The molecule has 1 heterocycles. The van der Waals surface area contributed by atoms with Crippen molar-refractivity contribution in [2.45, 2.75) is 33.4 Å². The van der Waals surface area contributed by atoms with Crippen LogP contribution in [0.1, 0.15) is 25.1 Å². The standard InChI is InChI=1S/C16H23N3/c1-14(2)10-17-11-16-12-19(13-18-16)9-8-15-6-4-3-5-7-15/h3-7,12-14,17H,8-11H2,1-2H3. The molecule has 0 spiro atoms. The van der Waals surface area contributed by atoms with E-state index in [1.165, 1.54) is 5.56 Å². The number of nitrogens with one attached hydrogen (secondary N) is 1. The summed E-state index contributed by atoms with van der Waals surface area (Å²) in [5.74, 6) is 0.681. The highest BCUT2D eigenvalue weighted by Gasteiger charge is 2.00. The fourth-order valence-corrected chi connectivity index (χ4v) is 2.01. The minimum absolute atomic E-state index is 0.681. The van der Waals surface area contributed by atoms with Crippen LogP contribution in [0.25, 0.3) is 0 Å². The molecule has 102 valence electrons. The molecule has 19 heavy (non-hydrogen) atoms. The van der Waals surface area contributed by atoms with Crippen molar-refractivity contribution in [3.8, 4) is 0 Å². The van der Waals surface area contributed by atoms with Crippen molar-refractivity contribution in [3.63, 3.8) is 0 Å². The van der Waals surface area contributed by atoms with E-state index in [-0.39, 0.29) is 0 Å². The molecule has 0 unspecified atom stereocenters. The molecule has 3 nitrogen and oxygen atoms in total. The van der Waals surface area contributed by atoms with Gasteiger partial charge >= 0.3 is 0 Å². The van der Waals surface area contributed by atoms with Crippen molar-refractivity contribution < 1.29 is 0 Å². The summed E-state index contributed by atoms with van der Waals surface area (Å²) in [5, 5.41) is 3.41. The second-order valence-electron chi connectivity index (χ2n) is 5.36. The summed E-state index contributed by atoms with van der Waals surface area (Å²) in [4.78, 5) is 4.43. The van der Waals surface area contributed by atoms with E-state index < -0.39 is 0 Å². The molecule has 2 rings (SSSR count). The number of benzene rings is 1. The SMILES string of the molecule is CC(C)CNCc1cn(CCc2ccccc2)cn1. The topological polar surface area (TPSA) is 29.9 Å². The van der Waals surface area contributed by atoms with Crippen LogP contribution in [0, 0.1) is 5.92 Å². The maximum absolute atomic E-state index is 4.43. The van der Waals surface area contributed by atoms with Crippen molar-refractivity contribution >= 4 is 0 Å². The third-order valence-corrected chi connectivity index (χ3v) is 3.05. The Bertz CT molecular complexity index is 474. The summed E-state index contributed by atoms with van der Waals surface area (Å²) >= 11 is 0. The number of nitrogens with zero attached hydrogens (tertiary/aromatic N) is 2. The minimum atomic E-state index is 0.681. The van der Waals surface area contributed by atoms with Crippen LogP contribution in [0.4, 0.5) is 0 Å². The molecule has 0 aliphatic carbocycles. The van der Waals surface area contributed by atoms with E-state index >= 15 is 0 Å². The quantitative estimate of drug-likeness (QED) is 0.826. The van der Waals surface area contributed by atoms with Gasteiger partial charge < -0.3 is 9.88 Å². The lowest BCUT2D eigenvalue weighted by Crippen LogP contribution is -2.19. The Morgan fingerprint density at radius 3 is 2.74 bits per heavy atom. The van der Waals surface area contributed by atoms with Crippen molar-refractivity contribution in [1.82, 2.24) is 14.9 Å². The Morgan fingerprint density at radius 2 is 2.00 bits per heavy atom. The molecular formula is C16H23N3. The lowest BCUT2D eigenvalue weighted by atomic mass is 10.1. The summed E-state index contributed by atoms with van der Waals surface area (Å²) in [6.45, 7) is 7.31. The lowest BCUT2D eigenvalue weighted by molar-refractivity contribution is 0.548. The summed E-state index contributed by atoms with van der Waals surface area (Å²) in [7, 11) is 0. The van der Waals surface area contributed by atoms with Gasteiger partial charge in [-0.05, 0) is 24.4 Å². The highest BCUT2D eigenvalue weighted by atomic mass is 15.0. The Balaban J connectivity index is 1.77. The molecule has 0 atom stereocenters. The first-order chi connectivity index (χ1) is 9.24. The molecule has 0 fully saturated rings. The normalized spacial score (nSPS) is 11.1. The van der Waals surface area contributed by atoms with Crippen LogP contribution < -0.4 is 5.32 Å². The monoisotopic (exact) mass is 257 g/mol. The van der Waals surface area contributed by atoms with Crippen LogP contribution >= 0.6 is 0 Å². The molecule has 2 aromatic rings. The Morgan fingerprint density at radius 1 is 1.21 bits per heavy atom. The lowest BCUT2D eigenvalue weighted by Gasteiger charge is -2.05. The van der Waals surface area contributed by atoms with Gasteiger partial charge in [0, 0.05) is 19.3 Å². The Hall–Kier alpha value is -1.61. The van der Waals surface area contributed by atoms with E-state index in [2.05, 4.69) is 65.2 Å². The number of aryl methyl sites for hydroxylation is 2. The second-order valence-corrected chi connectivity index (χ2v) is 5.36. The zero-order valence-electron chi connectivity index (χ0n) is 11.8. The van der Waals surface area contributed by atoms with E-state index in [0.29, 0.717) is 5.92 Å². The molecule has 0 saturated carbocycles. The first-order valence-corrected chi connectivity index (χ1v) is 6.99. The minimum Gasteiger partial charge on any atom is -0.337 e. The maximum Gasteiger partial charge on any atom is 0.0950 e. The van der Waals surface area contributed by atoms with Gasteiger partial charge in [-0.1, -0.05) is 44.2 Å². The average Bonchev–Trinajstić information content (AvgIpc) is 2.85. The molecule has 0 radical (unpaired) electrons. The first kappa shape index (κ1) is 13.8. The molecule has 0 aliphatic rings. The maximum atomic E-state index is 4.43. The van der Waals surface area contributed by atoms with E-state index in [1.54, 1.807) is 0 Å². The predicted molar refractivity (Wildman–Crippen MR) is 78.9 cm³/mol. The van der Waals surface area contributed by atoms with Crippen molar-refractivity contribution in [2.24, 2.45) is 5.92 Å². The number of hydrogen-bond donors (Lipinski definition) is 1. The van der Waals surface area contributed by atoms with Gasteiger partial charge in [-0.15, -0.1) is 0 Å². The second kappa shape index (κ2) is 7.10. The van der Waals surface area contributed by atoms with Crippen molar-refractivity contribution in [1.29, 1.82) is 0 Å². The van der Waals surface area contributed by atoms with Gasteiger partial charge in [0.05, 0.1) is 12.0 Å². The van der Waals surface area contributed by atoms with E-state index in [1.807, 2.05) is 6.33 Å². The van der Waals surface area contributed by atoms with Gasteiger partial charge in [0.15, 0.2) is 0 Å². The summed E-state index contributed by atoms with van der Waals surface area (Å²) in [6, 6.07) is 10.6. The molecule has 1 aromatic carbocycles. The van der Waals surface area contributed by atoms with Crippen molar-refractivity contribution in [2.75, 3.05) is 6.54 Å². The zero-order chi connectivity index (χ0) is 13.5. The van der Waals surface area contributed by atoms with Gasteiger partial charge in [0.25, 0.3) is 0 Å². The third-order valence-electron chi connectivity index (χ3n) is 3.05. The van der Waals surface area contributed by atoms with Gasteiger partial charge in [0.1, 0.15) is 0 Å². The molecular weight excluding hydrogens is 234 g/mol. The summed E-state index contributed by atoms with van der Waals surface area (Å²) < 4.78 is 2.17. The van der Waals surface area contributed by atoms with Crippen LogP contribution in [0.2, 0.25) is 0 Å². The highest BCUT2D eigenvalue weighted by molar-refractivity contribution is 5.14. The fourth-order valence-electron chi connectivity index (χ4n) is 2.01. The van der Waals surface area contributed by atoms with Crippen LogP contribution in [-0.4, -0.2) is 16.1 Å². The molecule has 1 N–H and O–H groups in total. The first-order valence-electron chi connectivity index (χ1n) is 6.99. The fraction of sp³-hybridized carbons (Fsp3) is 0.438. The molecule has 0 bridgehead atoms. The Labute approximate surface area is 115 Å². The van der Waals surface area contributed by atoms with Crippen LogP contribution in [-0.2, 0) is 19.5 Å². The van der Waals surface area contributed by atoms with Crippen LogP contribution in [0.15, 0.2) is 42.9 Å². The molecule has 1 aromatic heterocycles. The highest BCUT2D eigenvalue weighted by Crippen LogP contribution is 2.03. The van der Waals surface area contributed by atoms with E-state index in [0.717, 1.165) is 31.7 Å². The zero-order valence-corrected chi connectivity index (χ0v) is 11.8. The van der Waals surface area contributed by atoms with Crippen LogP contribution in [0.3, 0.4) is 0 Å². The van der Waals surface area contributed by atoms with Gasteiger partial charge in [-0.2, -0.15) is 0 Å². The Kier molecular flexibility index (Phi) is 5.16. The van der Waals surface area contributed by atoms with E-state index in [9.17, 15) is 0 Å². The molecule has 0 amide bonds. The number of hydrogen-bond acceptors (Lipinski definition) is 2. The van der Waals surface area contributed by atoms with Gasteiger partial charge in [-0.25, -0.2) is 4.98 Å². The summed E-state index contributed by atoms with van der Waals surface area (Å²) in [5.41, 5.74) is 2.49. The van der Waals surface area contributed by atoms with Gasteiger partial charge in [0.2, 0.25) is 0 Å². The third kappa shape index (κ3) is 4.87.